The molecule has 2 aliphatic rings. The summed E-state index contributed by atoms with van der Waals surface area (Å²) in [5, 5.41) is 0. The second-order valence-electron chi connectivity index (χ2n) is 6.02. The predicted molar refractivity (Wildman–Crippen MR) is 64.8 cm³/mol. The van der Waals surface area contributed by atoms with E-state index in [9.17, 15) is 0 Å². The Labute approximate surface area is 94.2 Å². The first-order chi connectivity index (χ1) is 7.13. The van der Waals surface area contributed by atoms with Crippen LogP contribution in [0.4, 0.5) is 0 Å². The highest BCUT2D eigenvalue weighted by Gasteiger charge is 2.37. The molecule has 1 aliphatic carbocycles. The first-order valence-corrected chi connectivity index (χ1v) is 6.60. The van der Waals surface area contributed by atoms with Crippen molar-refractivity contribution in [1.29, 1.82) is 0 Å². The highest BCUT2D eigenvalue weighted by molar-refractivity contribution is 4.93. The van der Waals surface area contributed by atoms with Gasteiger partial charge in [-0.25, -0.2) is 0 Å². The molecule has 0 spiro atoms. The average Bonchev–Trinajstić information content (AvgIpc) is 2.58. The van der Waals surface area contributed by atoms with E-state index in [1.807, 2.05) is 0 Å². The summed E-state index contributed by atoms with van der Waals surface area (Å²) in [7, 11) is 0. The number of likely N-dealkylation sites (tertiary alicyclic amines) is 1. The number of rotatable bonds is 2. The van der Waals surface area contributed by atoms with Crippen LogP contribution in [0.3, 0.4) is 0 Å². The first-order valence-electron chi connectivity index (χ1n) is 6.60. The van der Waals surface area contributed by atoms with Gasteiger partial charge in [-0.15, -0.1) is 0 Å². The number of hydrogen-bond acceptors (Lipinski definition) is 2. The molecular weight excluding hydrogens is 184 g/mol. The van der Waals surface area contributed by atoms with E-state index >= 15 is 0 Å². The maximum atomic E-state index is 5.74. The number of nitrogens with two attached hydrogens (primary N) is 1. The van der Waals surface area contributed by atoms with E-state index in [-0.39, 0.29) is 0 Å². The van der Waals surface area contributed by atoms with Gasteiger partial charge in [0.15, 0.2) is 0 Å². The SMILES string of the molecule is CC1(C)CCCN1C1CCC(CN)CC1. The Morgan fingerprint density at radius 3 is 2.33 bits per heavy atom. The van der Waals surface area contributed by atoms with Crippen LogP contribution in [-0.4, -0.2) is 29.6 Å². The van der Waals surface area contributed by atoms with E-state index in [1.165, 1.54) is 45.1 Å². The van der Waals surface area contributed by atoms with Gasteiger partial charge in [0.25, 0.3) is 0 Å². The quantitative estimate of drug-likeness (QED) is 0.758. The lowest BCUT2D eigenvalue weighted by Crippen LogP contribution is -2.47. The molecule has 0 amide bonds. The molecule has 0 aromatic heterocycles. The third-order valence-electron chi connectivity index (χ3n) is 4.56. The van der Waals surface area contributed by atoms with Crippen LogP contribution in [0.5, 0.6) is 0 Å². The zero-order valence-electron chi connectivity index (χ0n) is 10.3. The van der Waals surface area contributed by atoms with Crippen LogP contribution in [0.15, 0.2) is 0 Å². The zero-order valence-corrected chi connectivity index (χ0v) is 10.3. The third kappa shape index (κ3) is 2.36. The van der Waals surface area contributed by atoms with Crippen LogP contribution in [0, 0.1) is 5.92 Å². The fourth-order valence-electron chi connectivity index (χ4n) is 3.50. The summed E-state index contributed by atoms with van der Waals surface area (Å²) < 4.78 is 0. The molecule has 2 nitrogen and oxygen atoms in total. The average molecular weight is 210 g/mol. The first kappa shape index (κ1) is 11.4. The van der Waals surface area contributed by atoms with Crippen molar-refractivity contribution < 1.29 is 0 Å². The maximum Gasteiger partial charge on any atom is 0.0156 e. The minimum atomic E-state index is 0.459. The highest BCUT2D eigenvalue weighted by atomic mass is 15.2. The Bertz CT molecular complexity index is 205. The van der Waals surface area contributed by atoms with Crippen LogP contribution >= 0.6 is 0 Å². The smallest absolute Gasteiger partial charge is 0.0156 e. The van der Waals surface area contributed by atoms with Crippen molar-refractivity contribution in [3.8, 4) is 0 Å². The van der Waals surface area contributed by atoms with Crippen molar-refractivity contribution in [2.24, 2.45) is 11.7 Å². The second kappa shape index (κ2) is 4.42. The molecule has 0 radical (unpaired) electrons. The van der Waals surface area contributed by atoms with E-state index < -0.39 is 0 Å². The van der Waals surface area contributed by atoms with E-state index in [0.29, 0.717) is 5.54 Å². The molecule has 2 fully saturated rings. The van der Waals surface area contributed by atoms with Gasteiger partial charge in [-0.1, -0.05) is 0 Å². The lowest BCUT2D eigenvalue weighted by Gasteiger charge is -2.41. The predicted octanol–water partition coefficient (Wildman–Crippen LogP) is 2.38. The molecule has 0 aromatic rings. The molecule has 0 unspecified atom stereocenters. The Balaban J connectivity index is 1.90. The largest absolute Gasteiger partial charge is 0.330 e. The molecule has 0 aromatic carbocycles. The van der Waals surface area contributed by atoms with Crippen molar-refractivity contribution in [2.75, 3.05) is 13.1 Å². The molecule has 15 heavy (non-hydrogen) atoms. The summed E-state index contributed by atoms with van der Waals surface area (Å²) in [5.74, 6) is 0.812. The highest BCUT2D eigenvalue weighted by Crippen LogP contribution is 2.36. The van der Waals surface area contributed by atoms with Gasteiger partial charge < -0.3 is 5.73 Å². The van der Waals surface area contributed by atoms with Crippen molar-refractivity contribution in [1.82, 2.24) is 4.90 Å². The van der Waals surface area contributed by atoms with Crippen LogP contribution in [-0.2, 0) is 0 Å². The molecule has 1 saturated carbocycles. The van der Waals surface area contributed by atoms with Crippen molar-refractivity contribution in [3.05, 3.63) is 0 Å². The van der Waals surface area contributed by atoms with E-state index in [0.717, 1.165) is 18.5 Å². The topological polar surface area (TPSA) is 29.3 Å². The minimum Gasteiger partial charge on any atom is -0.330 e. The van der Waals surface area contributed by atoms with Gasteiger partial charge in [0.05, 0.1) is 0 Å². The normalized spacial score (nSPS) is 37.0. The zero-order chi connectivity index (χ0) is 10.9. The molecule has 1 heterocycles. The molecule has 1 saturated heterocycles. The third-order valence-corrected chi connectivity index (χ3v) is 4.56. The minimum absolute atomic E-state index is 0.459. The lowest BCUT2D eigenvalue weighted by atomic mass is 9.84. The molecule has 0 atom stereocenters. The van der Waals surface area contributed by atoms with Crippen LogP contribution in [0.1, 0.15) is 52.4 Å². The summed E-state index contributed by atoms with van der Waals surface area (Å²) in [4.78, 5) is 2.76. The van der Waals surface area contributed by atoms with Crippen LogP contribution in [0.25, 0.3) is 0 Å². The summed E-state index contributed by atoms with van der Waals surface area (Å²) in [5.41, 5.74) is 6.20. The molecule has 2 N–H and O–H groups in total. The monoisotopic (exact) mass is 210 g/mol. The van der Waals surface area contributed by atoms with E-state index in [1.54, 1.807) is 0 Å². The second-order valence-corrected chi connectivity index (χ2v) is 6.02. The molecule has 88 valence electrons. The Kier molecular flexibility index (Phi) is 3.36. The lowest BCUT2D eigenvalue weighted by molar-refractivity contribution is 0.0788. The van der Waals surface area contributed by atoms with Gasteiger partial charge in [0.1, 0.15) is 0 Å². The number of hydrogen-bond donors (Lipinski definition) is 1. The van der Waals surface area contributed by atoms with E-state index in [4.69, 9.17) is 5.73 Å². The van der Waals surface area contributed by atoms with Gasteiger partial charge in [0, 0.05) is 11.6 Å². The summed E-state index contributed by atoms with van der Waals surface area (Å²) in [6.07, 6.45) is 8.24. The molecule has 0 bridgehead atoms. The van der Waals surface area contributed by atoms with Gasteiger partial charge in [-0.2, -0.15) is 0 Å². The molecule has 2 rings (SSSR count). The van der Waals surface area contributed by atoms with Gasteiger partial charge in [-0.05, 0) is 71.4 Å². The summed E-state index contributed by atoms with van der Waals surface area (Å²) >= 11 is 0. The fraction of sp³-hybridized carbons (Fsp3) is 1.00. The van der Waals surface area contributed by atoms with Gasteiger partial charge in [-0.3, -0.25) is 4.90 Å². The fourth-order valence-corrected chi connectivity index (χ4v) is 3.50. The maximum absolute atomic E-state index is 5.74. The van der Waals surface area contributed by atoms with Crippen molar-refractivity contribution >= 4 is 0 Å². The van der Waals surface area contributed by atoms with E-state index in [2.05, 4.69) is 18.7 Å². The summed E-state index contributed by atoms with van der Waals surface area (Å²) in [6, 6.07) is 0.852. The van der Waals surface area contributed by atoms with Crippen LogP contribution in [0.2, 0.25) is 0 Å². The Morgan fingerprint density at radius 1 is 1.20 bits per heavy atom. The van der Waals surface area contributed by atoms with Gasteiger partial charge in [0.2, 0.25) is 0 Å². The van der Waals surface area contributed by atoms with Crippen molar-refractivity contribution in [2.45, 2.75) is 64.0 Å². The van der Waals surface area contributed by atoms with Gasteiger partial charge >= 0.3 is 0 Å². The molecule has 2 heteroatoms. The molecular formula is C13H26N2. The van der Waals surface area contributed by atoms with Crippen molar-refractivity contribution in [3.63, 3.8) is 0 Å². The Hall–Kier alpha value is -0.0800. The summed E-state index contributed by atoms with van der Waals surface area (Å²) in [6.45, 7) is 7.05. The van der Waals surface area contributed by atoms with Crippen LogP contribution < -0.4 is 5.73 Å². The Morgan fingerprint density at radius 2 is 1.87 bits per heavy atom. The molecule has 1 aliphatic heterocycles. The standard InChI is InChI=1S/C13H26N2/c1-13(2)8-3-9-15(13)12-6-4-11(10-14)5-7-12/h11-12H,3-10,14H2,1-2H3. The number of nitrogens with zero attached hydrogens (tertiary/aromatic N) is 1.